The van der Waals surface area contributed by atoms with Crippen LogP contribution in [0.1, 0.15) is 39.7 Å². The molecule has 4 rings (SSSR count). The number of nitrogens with zero attached hydrogens (tertiary/aromatic N) is 6. The number of rotatable bonds is 8. The van der Waals surface area contributed by atoms with E-state index in [0.29, 0.717) is 35.2 Å². The van der Waals surface area contributed by atoms with Crippen molar-refractivity contribution in [1.29, 1.82) is 0 Å². The summed E-state index contributed by atoms with van der Waals surface area (Å²) < 4.78 is 1.98. The third kappa shape index (κ3) is 4.61. The molecule has 0 radical (unpaired) electrons. The highest BCUT2D eigenvalue weighted by molar-refractivity contribution is 5.86. The van der Waals surface area contributed by atoms with Crippen molar-refractivity contribution in [2.45, 2.75) is 45.9 Å². The van der Waals surface area contributed by atoms with Crippen molar-refractivity contribution < 1.29 is 5.11 Å². The molecular weight excluding hydrogens is 392 g/mol. The van der Waals surface area contributed by atoms with E-state index in [9.17, 15) is 5.11 Å². The van der Waals surface area contributed by atoms with E-state index < -0.39 is 6.23 Å². The van der Waals surface area contributed by atoms with Gasteiger partial charge in [-0.2, -0.15) is 9.97 Å². The molecule has 160 valence electrons. The monoisotopic (exact) mass is 418 g/mol. The number of hydrogen-bond acceptors (Lipinski definition) is 8. The molecule has 1 aromatic carbocycles. The Kier molecular flexibility index (Phi) is 6.03. The molecule has 9 heteroatoms. The van der Waals surface area contributed by atoms with E-state index in [0.717, 1.165) is 17.7 Å². The Morgan fingerprint density at radius 2 is 1.77 bits per heavy atom. The molecule has 0 fully saturated rings. The van der Waals surface area contributed by atoms with Crippen molar-refractivity contribution in [2.24, 2.45) is 0 Å². The van der Waals surface area contributed by atoms with Gasteiger partial charge < -0.3 is 20.3 Å². The Bertz CT molecular complexity index is 1140. The van der Waals surface area contributed by atoms with Gasteiger partial charge in [0.2, 0.25) is 5.95 Å². The molecule has 0 amide bonds. The Morgan fingerprint density at radius 3 is 2.45 bits per heavy atom. The maximum Gasteiger partial charge on any atom is 0.228 e. The van der Waals surface area contributed by atoms with Crippen molar-refractivity contribution in [3.8, 4) is 11.4 Å². The Morgan fingerprint density at radius 1 is 1.03 bits per heavy atom. The summed E-state index contributed by atoms with van der Waals surface area (Å²) in [5.41, 5.74) is 3.14. The van der Waals surface area contributed by atoms with E-state index in [4.69, 9.17) is 0 Å². The first-order valence-corrected chi connectivity index (χ1v) is 10.4. The van der Waals surface area contributed by atoms with Gasteiger partial charge in [-0.25, -0.2) is 15.0 Å². The molecule has 1 atom stereocenters. The largest absolute Gasteiger partial charge is 0.374 e. The van der Waals surface area contributed by atoms with E-state index in [1.54, 1.807) is 24.8 Å². The summed E-state index contributed by atoms with van der Waals surface area (Å²) in [4.78, 5) is 22.3. The normalized spacial score (nSPS) is 12.3. The Balaban J connectivity index is 1.67. The van der Waals surface area contributed by atoms with Crippen LogP contribution < -0.4 is 10.6 Å². The van der Waals surface area contributed by atoms with Gasteiger partial charge in [-0.3, -0.25) is 0 Å². The average Bonchev–Trinajstić information content (AvgIpc) is 3.20. The third-order valence-corrected chi connectivity index (χ3v) is 4.81. The molecule has 3 heterocycles. The highest BCUT2D eigenvalue weighted by Crippen LogP contribution is 2.27. The van der Waals surface area contributed by atoms with Gasteiger partial charge >= 0.3 is 0 Å². The number of aromatic nitrogens is 6. The number of anilines is 3. The predicted molar refractivity (Wildman–Crippen MR) is 121 cm³/mol. The summed E-state index contributed by atoms with van der Waals surface area (Å²) >= 11 is 0. The number of nitrogens with one attached hydrogen (secondary N) is 2. The summed E-state index contributed by atoms with van der Waals surface area (Å²) in [7, 11) is 0. The first kappa shape index (κ1) is 20.7. The molecule has 0 bridgehead atoms. The second-order valence-corrected chi connectivity index (χ2v) is 7.54. The van der Waals surface area contributed by atoms with Gasteiger partial charge in [0.15, 0.2) is 22.8 Å². The minimum Gasteiger partial charge on any atom is -0.374 e. The SMILES string of the molecule is CCC[C@H](O)Nc1nc(Nc2ccc(-c3ncccn3)cc2)c2ncn(C(C)C)c2n1. The molecule has 0 aliphatic heterocycles. The first-order chi connectivity index (χ1) is 15.0. The highest BCUT2D eigenvalue weighted by Gasteiger charge is 2.16. The lowest BCUT2D eigenvalue weighted by Gasteiger charge is -2.15. The van der Waals surface area contributed by atoms with Crippen molar-refractivity contribution >= 4 is 28.6 Å². The highest BCUT2D eigenvalue weighted by atomic mass is 16.3. The van der Waals surface area contributed by atoms with Crippen molar-refractivity contribution in [2.75, 3.05) is 10.6 Å². The zero-order chi connectivity index (χ0) is 21.8. The molecular formula is C22H26N8O. The van der Waals surface area contributed by atoms with Crippen LogP contribution in [0.3, 0.4) is 0 Å². The second kappa shape index (κ2) is 9.05. The van der Waals surface area contributed by atoms with Crippen molar-refractivity contribution in [3.05, 3.63) is 49.1 Å². The van der Waals surface area contributed by atoms with Crippen LogP contribution in [0.4, 0.5) is 17.5 Å². The van der Waals surface area contributed by atoms with Gasteiger partial charge in [0.1, 0.15) is 6.23 Å². The molecule has 0 spiro atoms. The lowest BCUT2D eigenvalue weighted by molar-refractivity contribution is 0.191. The van der Waals surface area contributed by atoms with Gasteiger partial charge in [0.05, 0.1) is 6.33 Å². The Hall–Kier alpha value is -3.59. The number of imidazole rings is 1. The number of aliphatic hydroxyl groups excluding tert-OH is 1. The number of hydrogen-bond donors (Lipinski definition) is 3. The van der Waals surface area contributed by atoms with Gasteiger partial charge in [-0.15, -0.1) is 0 Å². The van der Waals surface area contributed by atoms with Crippen LogP contribution in [-0.2, 0) is 0 Å². The number of fused-ring (bicyclic) bond motifs is 1. The smallest absolute Gasteiger partial charge is 0.228 e. The van der Waals surface area contributed by atoms with E-state index in [-0.39, 0.29) is 6.04 Å². The molecule has 0 aliphatic carbocycles. The van der Waals surface area contributed by atoms with Crippen LogP contribution in [0.25, 0.3) is 22.6 Å². The summed E-state index contributed by atoms with van der Waals surface area (Å²) in [5, 5.41) is 16.5. The van der Waals surface area contributed by atoms with Gasteiger partial charge in [-0.05, 0) is 50.6 Å². The lowest BCUT2D eigenvalue weighted by Crippen LogP contribution is -2.20. The van der Waals surface area contributed by atoms with E-state index in [2.05, 4.69) is 49.4 Å². The van der Waals surface area contributed by atoms with Crippen LogP contribution in [0.5, 0.6) is 0 Å². The van der Waals surface area contributed by atoms with Crippen molar-refractivity contribution in [3.63, 3.8) is 0 Å². The Labute approximate surface area is 180 Å². The third-order valence-electron chi connectivity index (χ3n) is 4.81. The lowest BCUT2D eigenvalue weighted by atomic mass is 10.2. The molecule has 3 aromatic heterocycles. The standard InChI is InChI=1S/C22H26N8O/c1-4-6-17(31)27-22-28-20(18-21(29-22)30(13-25-18)14(2)3)26-16-9-7-15(8-10-16)19-23-11-5-12-24-19/h5,7-14,17,31H,4,6H2,1-3H3,(H2,26,27,28,29)/t17-/m0/s1. The van der Waals surface area contributed by atoms with E-state index in [1.807, 2.05) is 35.8 Å². The fourth-order valence-corrected chi connectivity index (χ4v) is 3.23. The summed E-state index contributed by atoms with van der Waals surface area (Å²) in [6, 6.07) is 9.77. The van der Waals surface area contributed by atoms with Crippen LogP contribution in [-0.4, -0.2) is 40.8 Å². The molecule has 3 N–H and O–H groups in total. The summed E-state index contributed by atoms with van der Waals surface area (Å²) in [6.07, 6.45) is 5.95. The fourth-order valence-electron chi connectivity index (χ4n) is 3.23. The average molecular weight is 419 g/mol. The number of aliphatic hydroxyl groups is 1. The quantitative estimate of drug-likeness (QED) is 0.366. The fraction of sp³-hybridized carbons (Fsp3) is 0.318. The summed E-state index contributed by atoms with van der Waals surface area (Å²) in [5.74, 6) is 1.59. The van der Waals surface area contributed by atoms with Crippen LogP contribution in [0, 0.1) is 0 Å². The van der Waals surface area contributed by atoms with Crippen LogP contribution in [0.2, 0.25) is 0 Å². The molecule has 0 saturated heterocycles. The van der Waals surface area contributed by atoms with Gasteiger partial charge in [-0.1, -0.05) is 13.3 Å². The zero-order valence-electron chi connectivity index (χ0n) is 17.8. The van der Waals surface area contributed by atoms with Crippen LogP contribution in [0.15, 0.2) is 49.1 Å². The molecule has 0 aliphatic rings. The molecule has 0 unspecified atom stereocenters. The van der Waals surface area contributed by atoms with E-state index in [1.165, 1.54) is 0 Å². The molecule has 0 saturated carbocycles. The zero-order valence-corrected chi connectivity index (χ0v) is 17.8. The van der Waals surface area contributed by atoms with Crippen molar-refractivity contribution in [1.82, 2.24) is 29.5 Å². The molecule has 4 aromatic rings. The minimum absolute atomic E-state index is 0.186. The molecule has 9 nitrogen and oxygen atoms in total. The minimum atomic E-state index is -0.712. The topological polar surface area (TPSA) is 114 Å². The number of benzene rings is 1. The first-order valence-electron chi connectivity index (χ1n) is 10.4. The van der Waals surface area contributed by atoms with E-state index >= 15 is 0 Å². The molecule has 31 heavy (non-hydrogen) atoms. The maximum atomic E-state index is 10.2. The van der Waals surface area contributed by atoms with Gasteiger partial charge in [0.25, 0.3) is 0 Å². The second-order valence-electron chi connectivity index (χ2n) is 7.54. The van der Waals surface area contributed by atoms with Gasteiger partial charge in [0, 0.05) is 29.7 Å². The van der Waals surface area contributed by atoms with Crippen LogP contribution >= 0.6 is 0 Å². The maximum absolute atomic E-state index is 10.2. The predicted octanol–water partition coefficient (Wildman–Crippen LogP) is 4.14. The summed E-state index contributed by atoms with van der Waals surface area (Å²) in [6.45, 7) is 6.15.